The van der Waals surface area contributed by atoms with E-state index in [0.29, 0.717) is 32.1 Å². The number of rotatable bonds is 4. The van der Waals surface area contributed by atoms with E-state index in [-0.39, 0.29) is 11.5 Å². The molecule has 2 N–H and O–H groups in total. The van der Waals surface area contributed by atoms with E-state index < -0.39 is 0 Å². The van der Waals surface area contributed by atoms with Crippen molar-refractivity contribution in [3.8, 4) is 0 Å². The molecule has 0 radical (unpaired) electrons. The Hall–Kier alpha value is -2.71. The quantitative estimate of drug-likeness (QED) is 0.822. The topological polar surface area (TPSA) is 90.6 Å². The molecule has 2 aliphatic heterocycles. The molecule has 1 fully saturated rings. The molecule has 1 aromatic heterocycles. The van der Waals surface area contributed by atoms with Crippen LogP contribution in [0.5, 0.6) is 0 Å². The molecule has 148 valence electrons. The van der Waals surface area contributed by atoms with Crippen LogP contribution in [0.25, 0.3) is 0 Å². The number of nitrogens with zero attached hydrogens (tertiary/aromatic N) is 3. The fraction of sp³-hybridized carbons (Fsp3) is 0.450. The zero-order valence-corrected chi connectivity index (χ0v) is 16.0. The lowest BCUT2D eigenvalue weighted by atomic mass is 10.1. The standard InChI is InChI=1S/C20H25N5O3/c1-14(26)21-16-4-2-15(3-5-16)12-24-7-6-17-18(13-24)22-20(23-19(17)27)25-8-10-28-11-9-25/h2-5H,6-13H2,1H3,(H,21,26)(H,22,23,27). The van der Waals surface area contributed by atoms with Crippen LogP contribution in [0.1, 0.15) is 23.7 Å². The lowest BCUT2D eigenvalue weighted by Crippen LogP contribution is -2.40. The molecule has 1 saturated heterocycles. The molecule has 0 bridgehead atoms. The Labute approximate surface area is 163 Å². The number of benzene rings is 1. The van der Waals surface area contributed by atoms with Crippen LogP contribution in [0.2, 0.25) is 0 Å². The van der Waals surface area contributed by atoms with Gasteiger partial charge in [0.25, 0.3) is 5.56 Å². The minimum atomic E-state index is -0.0762. The van der Waals surface area contributed by atoms with Crippen LogP contribution >= 0.6 is 0 Å². The van der Waals surface area contributed by atoms with E-state index in [2.05, 4.69) is 20.1 Å². The first-order valence-corrected chi connectivity index (χ1v) is 9.62. The van der Waals surface area contributed by atoms with Crippen molar-refractivity contribution < 1.29 is 9.53 Å². The lowest BCUT2D eigenvalue weighted by Gasteiger charge is -2.30. The molecule has 0 saturated carbocycles. The SMILES string of the molecule is CC(=O)Nc1ccc(CN2CCc3c(nc(N4CCOCC4)[nH]c3=O)C2)cc1. The number of hydrogen-bond acceptors (Lipinski definition) is 6. The number of hydrogen-bond donors (Lipinski definition) is 2. The number of amides is 1. The van der Waals surface area contributed by atoms with Gasteiger partial charge in [-0.15, -0.1) is 0 Å². The minimum Gasteiger partial charge on any atom is -0.378 e. The smallest absolute Gasteiger partial charge is 0.255 e. The van der Waals surface area contributed by atoms with Gasteiger partial charge in [0, 0.05) is 50.9 Å². The van der Waals surface area contributed by atoms with Crippen LogP contribution in [0.3, 0.4) is 0 Å². The van der Waals surface area contributed by atoms with Crippen molar-refractivity contribution in [3.05, 3.63) is 51.4 Å². The van der Waals surface area contributed by atoms with E-state index >= 15 is 0 Å². The summed E-state index contributed by atoms with van der Waals surface area (Å²) in [7, 11) is 0. The number of carbonyl (C=O) groups is 1. The highest BCUT2D eigenvalue weighted by Gasteiger charge is 2.23. The summed E-state index contributed by atoms with van der Waals surface area (Å²) in [5.41, 5.74) is 3.60. The lowest BCUT2D eigenvalue weighted by molar-refractivity contribution is -0.114. The summed E-state index contributed by atoms with van der Waals surface area (Å²) in [6.07, 6.45) is 0.699. The Morgan fingerprint density at radius 1 is 1.21 bits per heavy atom. The molecule has 0 atom stereocenters. The molecular weight excluding hydrogens is 358 g/mol. The average molecular weight is 383 g/mol. The van der Waals surface area contributed by atoms with Gasteiger partial charge in [-0.1, -0.05) is 12.1 Å². The van der Waals surface area contributed by atoms with Crippen LogP contribution in [0.4, 0.5) is 11.6 Å². The normalized spacial score (nSPS) is 17.2. The van der Waals surface area contributed by atoms with Gasteiger partial charge in [-0.05, 0) is 24.1 Å². The first kappa shape index (κ1) is 18.6. The number of carbonyl (C=O) groups excluding carboxylic acids is 1. The molecule has 2 aromatic rings. The predicted octanol–water partition coefficient (Wildman–Crippen LogP) is 1.12. The zero-order valence-electron chi connectivity index (χ0n) is 16.0. The van der Waals surface area contributed by atoms with Gasteiger partial charge in [0.05, 0.1) is 18.9 Å². The highest BCUT2D eigenvalue weighted by Crippen LogP contribution is 2.20. The summed E-state index contributed by atoms with van der Waals surface area (Å²) in [6, 6.07) is 7.86. The van der Waals surface area contributed by atoms with Gasteiger partial charge in [0.1, 0.15) is 0 Å². The fourth-order valence-electron chi connectivity index (χ4n) is 3.70. The van der Waals surface area contributed by atoms with E-state index in [1.807, 2.05) is 24.3 Å². The number of aromatic nitrogens is 2. The zero-order chi connectivity index (χ0) is 19.5. The Morgan fingerprint density at radius 2 is 1.96 bits per heavy atom. The van der Waals surface area contributed by atoms with Crippen molar-refractivity contribution in [3.63, 3.8) is 0 Å². The summed E-state index contributed by atoms with van der Waals surface area (Å²) < 4.78 is 5.38. The van der Waals surface area contributed by atoms with Gasteiger partial charge in [-0.2, -0.15) is 0 Å². The van der Waals surface area contributed by atoms with Gasteiger partial charge in [-0.3, -0.25) is 19.5 Å². The number of H-pyrrole nitrogens is 1. The molecule has 0 aliphatic carbocycles. The number of fused-ring (bicyclic) bond motifs is 1. The van der Waals surface area contributed by atoms with Crippen LogP contribution in [-0.4, -0.2) is 53.6 Å². The highest BCUT2D eigenvalue weighted by atomic mass is 16.5. The second-order valence-electron chi connectivity index (χ2n) is 7.25. The van der Waals surface area contributed by atoms with Crippen molar-refractivity contribution in [2.24, 2.45) is 0 Å². The molecule has 3 heterocycles. The van der Waals surface area contributed by atoms with Crippen LogP contribution in [0, 0.1) is 0 Å². The van der Waals surface area contributed by atoms with Gasteiger partial charge >= 0.3 is 0 Å². The molecule has 2 aliphatic rings. The summed E-state index contributed by atoms with van der Waals surface area (Å²) in [5.74, 6) is 0.571. The molecule has 8 heteroatoms. The maximum absolute atomic E-state index is 12.5. The van der Waals surface area contributed by atoms with Crippen molar-refractivity contribution >= 4 is 17.5 Å². The molecule has 1 aromatic carbocycles. The third-order valence-electron chi connectivity index (χ3n) is 5.13. The highest BCUT2D eigenvalue weighted by molar-refractivity contribution is 5.88. The largest absolute Gasteiger partial charge is 0.378 e. The molecule has 0 spiro atoms. The molecular formula is C20H25N5O3. The van der Waals surface area contributed by atoms with Crippen LogP contribution in [0.15, 0.2) is 29.1 Å². The van der Waals surface area contributed by atoms with Crippen molar-refractivity contribution in [1.82, 2.24) is 14.9 Å². The first-order valence-electron chi connectivity index (χ1n) is 9.62. The minimum absolute atomic E-state index is 0.0224. The average Bonchev–Trinajstić information content (AvgIpc) is 2.69. The van der Waals surface area contributed by atoms with Gasteiger partial charge in [0.15, 0.2) is 0 Å². The van der Waals surface area contributed by atoms with E-state index in [0.717, 1.165) is 48.7 Å². The molecule has 8 nitrogen and oxygen atoms in total. The third kappa shape index (κ3) is 4.23. The van der Waals surface area contributed by atoms with Crippen molar-refractivity contribution in [2.75, 3.05) is 43.1 Å². The predicted molar refractivity (Wildman–Crippen MR) is 106 cm³/mol. The number of nitrogens with one attached hydrogen (secondary N) is 2. The van der Waals surface area contributed by atoms with Crippen LogP contribution in [-0.2, 0) is 29.0 Å². The Kier molecular flexibility index (Phi) is 5.40. The third-order valence-corrected chi connectivity index (χ3v) is 5.13. The van der Waals surface area contributed by atoms with E-state index in [4.69, 9.17) is 9.72 Å². The van der Waals surface area contributed by atoms with Gasteiger partial charge in [0.2, 0.25) is 11.9 Å². The van der Waals surface area contributed by atoms with Gasteiger partial charge < -0.3 is 15.0 Å². The summed E-state index contributed by atoms with van der Waals surface area (Å²) in [5, 5.41) is 2.78. The van der Waals surface area contributed by atoms with E-state index in [1.165, 1.54) is 6.92 Å². The number of ether oxygens (including phenoxy) is 1. The Morgan fingerprint density at radius 3 is 2.68 bits per heavy atom. The second kappa shape index (κ2) is 8.12. The summed E-state index contributed by atoms with van der Waals surface area (Å²) in [6.45, 7) is 6.55. The molecule has 28 heavy (non-hydrogen) atoms. The summed E-state index contributed by atoms with van der Waals surface area (Å²) >= 11 is 0. The Balaban J connectivity index is 1.47. The maximum Gasteiger partial charge on any atom is 0.255 e. The summed E-state index contributed by atoms with van der Waals surface area (Å²) in [4.78, 5) is 35.7. The number of aromatic amines is 1. The fourth-order valence-corrected chi connectivity index (χ4v) is 3.70. The number of anilines is 2. The van der Waals surface area contributed by atoms with E-state index in [9.17, 15) is 9.59 Å². The van der Waals surface area contributed by atoms with Crippen molar-refractivity contribution in [1.29, 1.82) is 0 Å². The van der Waals surface area contributed by atoms with Gasteiger partial charge in [-0.25, -0.2) is 4.98 Å². The van der Waals surface area contributed by atoms with Crippen molar-refractivity contribution in [2.45, 2.75) is 26.4 Å². The molecule has 1 amide bonds. The molecule has 4 rings (SSSR count). The monoisotopic (exact) mass is 383 g/mol. The van der Waals surface area contributed by atoms with E-state index in [1.54, 1.807) is 0 Å². The van der Waals surface area contributed by atoms with Crippen LogP contribution < -0.4 is 15.8 Å². The number of morpholine rings is 1. The molecule has 0 unspecified atom stereocenters. The first-order chi connectivity index (χ1) is 13.6. The Bertz CT molecular complexity index is 903. The second-order valence-corrected chi connectivity index (χ2v) is 7.25. The maximum atomic E-state index is 12.5.